The van der Waals surface area contributed by atoms with Gasteiger partial charge in [-0.2, -0.15) is 0 Å². The fraction of sp³-hybridized carbons (Fsp3) is 0.654. The Labute approximate surface area is 203 Å². The van der Waals surface area contributed by atoms with Gasteiger partial charge in [0.15, 0.2) is 0 Å². The molecule has 3 N–H and O–H groups in total. The molecule has 0 heterocycles. The van der Waals surface area contributed by atoms with Crippen LogP contribution in [0.5, 0.6) is 5.75 Å². The predicted molar refractivity (Wildman–Crippen MR) is 131 cm³/mol. The molecule has 190 valence electrons. The fourth-order valence-electron chi connectivity index (χ4n) is 4.22. The summed E-state index contributed by atoms with van der Waals surface area (Å²) in [7, 11) is 1.57. The number of aryl methyl sites for hydroxylation is 1. The summed E-state index contributed by atoms with van der Waals surface area (Å²) in [4.78, 5) is 40.8. The van der Waals surface area contributed by atoms with E-state index in [0.717, 1.165) is 32.1 Å². The van der Waals surface area contributed by atoms with Crippen LogP contribution in [0, 0.1) is 12.8 Å². The van der Waals surface area contributed by atoms with Crippen LogP contribution >= 0.6 is 0 Å². The molecule has 34 heavy (non-hydrogen) atoms. The average molecular weight is 476 g/mol. The molecule has 0 bridgehead atoms. The van der Waals surface area contributed by atoms with Crippen molar-refractivity contribution < 1.29 is 24.2 Å². The summed E-state index contributed by atoms with van der Waals surface area (Å²) in [6.45, 7) is 10.7. The van der Waals surface area contributed by atoms with E-state index in [1.54, 1.807) is 46.9 Å². The first-order valence-corrected chi connectivity index (χ1v) is 12.2. The van der Waals surface area contributed by atoms with Gasteiger partial charge in [-0.25, -0.2) is 4.79 Å². The third kappa shape index (κ3) is 7.64. The maximum absolute atomic E-state index is 13.6. The van der Waals surface area contributed by atoms with Crippen molar-refractivity contribution in [2.45, 2.75) is 97.4 Å². The number of alkyl carbamates (subject to hydrolysis) is 1. The van der Waals surface area contributed by atoms with E-state index in [9.17, 15) is 19.5 Å². The molecule has 2 unspecified atom stereocenters. The Bertz CT molecular complexity index is 872. The highest BCUT2D eigenvalue weighted by molar-refractivity contribution is 5.92. The summed E-state index contributed by atoms with van der Waals surface area (Å²) < 4.78 is 5.34. The summed E-state index contributed by atoms with van der Waals surface area (Å²) in [6.07, 6.45) is 4.45. The van der Waals surface area contributed by atoms with Crippen molar-refractivity contribution in [3.63, 3.8) is 0 Å². The van der Waals surface area contributed by atoms with E-state index in [4.69, 9.17) is 4.74 Å². The molecule has 0 saturated heterocycles. The number of phenols is 1. The number of aromatic hydroxyl groups is 1. The van der Waals surface area contributed by atoms with Crippen LogP contribution in [0.3, 0.4) is 0 Å². The molecule has 8 nitrogen and oxygen atoms in total. The van der Waals surface area contributed by atoms with Gasteiger partial charge in [0.25, 0.3) is 0 Å². The summed E-state index contributed by atoms with van der Waals surface area (Å²) in [6, 6.07) is 3.20. The van der Waals surface area contributed by atoms with Gasteiger partial charge in [-0.05, 0) is 69.7 Å². The maximum atomic E-state index is 13.6. The first-order chi connectivity index (χ1) is 15.8. The number of phenolic OH excluding ortho intramolecular Hbond substituents is 1. The van der Waals surface area contributed by atoms with Crippen molar-refractivity contribution in [1.82, 2.24) is 15.5 Å². The van der Waals surface area contributed by atoms with Crippen molar-refractivity contribution in [2.75, 3.05) is 7.05 Å². The molecule has 0 radical (unpaired) electrons. The molecule has 1 aliphatic rings. The minimum Gasteiger partial charge on any atom is -0.508 e. The molecule has 0 aromatic heterocycles. The molecule has 0 spiro atoms. The average Bonchev–Trinajstić information content (AvgIpc) is 2.73. The lowest BCUT2D eigenvalue weighted by atomic mass is 9.94. The second kappa shape index (κ2) is 11.6. The van der Waals surface area contributed by atoms with Gasteiger partial charge in [0.2, 0.25) is 11.8 Å². The Morgan fingerprint density at radius 1 is 1.12 bits per heavy atom. The van der Waals surface area contributed by atoms with Crippen LogP contribution in [-0.2, 0) is 14.3 Å². The Balaban J connectivity index is 2.32. The highest BCUT2D eigenvalue weighted by atomic mass is 16.6. The minimum atomic E-state index is -0.907. The van der Waals surface area contributed by atoms with E-state index in [1.165, 1.54) is 11.0 Å². The second-order valence-corrected chi connectivity index (χ2v) is 10.6. The van der Waals surface area contributed by atoms with Crippen LogP contribution in [0.25, 0.3) is 0 Å². The molecule has 1 fully saturated rings. The zero-order valence-electron chi connectivity index (χ0n) is 21.6. The van der Waals surface area contributed by atoms with Crippen LogP contribution < -0.4 is 10.6 Å². The van der Waals surface area contributed by atoms with Crippen molar-refractivity contribution >= 4 is 17.9 Å². The summed E-state index contributed by atoms with van der Waals surface area (Å²) in [5.74, 6) is -0.773. The Kier molecular flexibility index (Phi) is 9.36. The quantitative estimate of drug-likeness (QED) is 0.548. The molecule has 3 amide bonds. The lowest BCUT2D eigenvalue weighted by Gasteiger charge is -2.34. The Morgan fingerprint density at radius 2 is 1.74 bits per heavy atom. The molecule has 1 saturated carbocycles. The number of likely N-dealkylation sites (N-methyl/N-ethyl adjacent to an activating group) is 1. The van der Waals surface area contributed by atoms with Crippen molar-refractivity contribution in [3.05, 3.63) is 29.3 Å². The lowest BCUT2D eigenvalue weighted by molar-refractivity contribution is -0.142. The van der Waals surface area contributed by atoms with Gasteiger partial charge in [0.05, 0.1) is 0 Å². The first-order valence-electron chi connectivity index (χ1n) is 12.2. The van der Waals surface area contributed by atoms with Crippen molar-refractivity contribution in [1.29, 1.82) is 0 Å². The van der Waals surface area contributed by atoms with Gasteiger partial charge < -0.3 is 25.4 Å². The van der Waals surface area contributed by atoms with Crippen molar-refractivity contribution in [2.24, 2.45) is 5.92 Å². The van der Waals surface area contributed by atoms with Gasteiger partial charge in [0.1, 0.15) is 23.4 Å². The molecule has 8 heteroatoms. The number of nitrogens with one attached hydrogen (secondary N) is 2. The zero-order chi connectivity index (χ0) is 25.6. The highest BCUT2D eigenvalue weighted by Crippen LogP contribution is 2.27. The fourth-order valence-corrected chi connectivity index (χ4v) is 4.22. The largest absolute Gasteiger partial charge is 0.508 e. The molecular formula is C26H41N3O5. The van der Waals surface area contributed by atoms with E-state index in [2.05, 4.69) is 10.6 Å². The molecular weight excluding hydrogens is 434 g/mol. The zero-order valence-corrected chi connectivity index (χ0v) is 21.6. The van der Waals surface area contributed by atoms with Gasteiger partial charge >= 0.3 is 6.09 Å². The monoisotopic (exact) mass is 475 g/mol. The molecule has 2 rings (SSSR count). The Morgan fingerprint density at radius 3 is 2.26 bits per heavy atom. The SMILES string of the molecule is Cc1cc(C(C(=O)NC2CCCCC2)N(C)C(=O)C(NC(=O)OC(C)(C)C)C(C)C)ccc1O. The number of hydrogen-bond acceptors (Lipinski definition) is 5. The standard InChI is InChI=1S/C26H41N3O5/c1-16(2)21(28-25(33)34-26(4,5)6)24(32)29(7)22(18-13-14-20(30)17(3)15-18)23(31)27-19-11-9-8-10-12-19/h13-16,19,21-22,30H,8-12H2,1-7H3,(H,27,31)(H,28,33). The Hall–Kier alpha value is -2.77. The molecule has 1 aliphatic carbocycles. The first kappa shape index (κ1) is 27.5. The van der Waals surface area contributed by atoms with Crippen molar-refractivity contribution in [3.8, 4) is 5.75 Å². The molecule has 2 atom stereocenters. The van der Waals surface area contributed by atoms with E-state index in [-0.39, 0.29) is 23.6 Å². The van der Waals surface area contributed by atoms with Crippen LogP contribution in [0.4, 0.5) is 4.79 Å². The number of amides is 3. The van der Waals surface area contributed by atoms with Gasteiger partial charge in [-0.3, -0.25) is 9.59 Å². The summed E-state index contributed by atoms with van der Waals surface area (Å²) in [5, 5.41) is 15.8. The predicted octanol–water partition coefficient (Wildman–Crippen LogP) is 4.20. The number of carbonyl (C=O) groups excluding carboxylic acids is 3. The van der Waals surface area contributed by atoms with Crippen LogP contribution in [0.2, 0.25) is 0 Å². The third-order valence-electron chi connectivity index (χ3n) is 6.08. The number of ether oxygens (including phenoxy) is 1. The number of carbonyl (C=O) groups is 3. The normalized spacial score (nSPS) is 16.5. The minimum absolute atomic E-state index is 0.0752. The summed E-state index contributed by atoms with van der Waals surface area (Å²) >= 11 is 0. The van der Waals surface area contributed by atoms with E-state index >= 15 is 0 Å². The second-order valence-electron chi connectivity index (χ2n) is 10.6. The van der Waals surface area contributed by atoms with Gasteiger partial charge in [-0.1, -0.05) is 39.2 Å². The molecule has 0 aliphatic heterocycles. The highest BCUT2D eigenvalue weighted by Gasteiger charge is 2.36. The van der Waals surface area contributed by atoms with Crippen LogP contribution in [0.1, 0.15) is 83.9 Å². The van der Waals surface area contributed by atoms with E-state index in [0.29, 0.717) is 11.1 Å². The third-order valence-corrected chi connectivity index (χ3v) is 6.08. The number of hydrogen-bond donors (Lipinski definition) is 3. The van der Waals surface area contributed by atoms with Gasteiger partial charge in [-0.15, -0.1) is 0 Å². The van der Waals surface area contributed by atoms with Crippen LogP contribution in [-0.4, -0.2) is 52.6 Å². The van der Waals surface area contributed by atoms with E-state index < -0.39 is 29.7 Å². The summed E-state index contributed by atoms with van der Waals surface area (Å²) in [5.41, 5.74) is 0.507. The molecule has 1 aromatic carbocycles. The smallest absolute Gasteiger partial charge is 0.408 e. The molecule has 1 aromatic rings. The number of benzene rings is 1. The van der Waals surface area contributed by atoms with E-state index in [1.807, 2.05) is 13.8 Å². The lowest BCUT2D eigenvalue weighted by Crippen LogP contribution is -2.54. The number of nitrogens with zero attached hydrogens (tertiary/aromatic N) is 1. The van der Waals surface area contributed by atoms with Gasteiger partial charge in [0, 0.05) is 13.1 Å². The topological polar surface area (TPSA) is 108 Å². The maximum Gasteiger partial charge on any atom is 0.408 e. The van der Waals surface area contributed by atoms with Crippen LogP contribution in [0.15, 0.2) is 18.2 Å². The number of rotatable bonds is 7.